The van der Waals surface area contributed by atoms with Crippen molar-refractivity contribution >= 4 is 34.5 Å². The number of nitrogens with two attached hydrogens (primary N) is 1. The smallest absolute Gasteiger partial charge is 0.326 e. The molecule has 4 N–H and O–H groups in total. The third-order valence-electron chi connectivity index (χ3n) is 5.74. The fraction of sp³-hybridized carbons (Fsp3) is 0.308. The SMILES string of the molecule is CCc1c(C(=O)C(N)=O)c2c(OCC(=O)N[C@H](C(=O)O)C(C)C)cccc2n1Cc1ccccc1. The number of fused-ring (bicyclic) bond motifs is 1. The lowest BCUT2D eigenvalue weighted by molar-refractivity contribution is -0.143. The number of carbonyl (C=O) groups is 4. The van der Waals surface area contributed by atoms with Gasteiger partial charge in [-0.15, -0.1) is 0 Å². The van der Waals surface area contributed by atoms with Gasteiger partial charge in [-0.05, 0) is 30.0 Å². The number of benzene rings is 2. The standard InChI is InChI=1S/C26H29N3O6/c1-4-17-22(24(31)25(27)32)21-18(29(17)13-16-9-6-5-7-10-16)11-8-12-19(21)35-14-20(30)28-23(15(2)3)26(33)34/h5-12,15,23H,4,13-14H2,1-3H3,(H2,27,32)(H,28,30)(H,33,34)/t23-/m0/s1. The van der Waals surface area contributed by atoms with Gasteiger partial charge in [0.15, 0.2) is 6.61 Å². The molecule has 0 saturated carbocycles. The topological polar surface area (TPSA) is 141 Å². The van der Waals surface area contributed by atoms with Crippen molar-refractivity contribution < 1.29 is 29.0 Å². The molecule has 0 aliphatic rings. The zero-order valence-electron chi connectivity index (χ0n) is 19.9. The number of ether oxygens (including phenoxy) is 1. The molecule has 9 heteroatoms. The monoisotopic (exact) mass is 479 g/mol. The Morgan fingerprint density at radius 3 is 2.31 bits per heavy atom. The third-order valence-corrected chi connectivity index (χ3v) is 5.74. The quantitative estimate of drug-likeness (QED) is 0.285. The van der Waals surface area contributed by atoms with E-state index in [1.54, 1.807) is 32.0 Å². The Morgan fingerprint density at radius 2 is 1.74 bits per heavy atom. The highest BCUT2D eigenvalue weighted by Gasteiger charge is 2.28. The van der Waals surface area contributed by atoms with E-state index < -0.39 is 36.2 Å². The highest BCUT2D eigenvalue weighted by Crippen LogP contribution is 2.35. The molecule has 0 aliphatic carbocycles. The minimum absolute atomic E-state index is 0.146. The van der Waals surface area contributed by atoms with E-state index in [1.807, 2.05) is 41.8 Å². The Morgan fingerprint density at radius 1 is 1.06 bits per heavy atom. The average molecular weight is 480 g/mol. The van der Waals surface area contributed by atoms with Crippen LogP contribution in [-0.2, 0) is 27.3 Å². The predicted octanol–water partition coefficient (Wildman–Crippen LogP) is 2.52. The third kappa shape index (κ3) is 5.51. The van der Waals surface area contributed by atoms with Crippen LogP contribution in [0.25, 0.3) is 10.9 Å². The lowest BCUT2D eigenvalue weighted by Gasteiger charge is -2.18. The molecule has 0 aliphatic heterocycles. The highest BCUT2D eigenvalue weighted by atomic mass is 16.5. The minimum atomic E-state index is -1.14. The van der Waals surface area contributed by atoms with Crippen LogP contribution in [0.5, 0.6) is 5.75 Å². The summed E-state index contributed by atoms with van der Waals surface area (Å²) in [4.78, 5) is 48.6. The van der Waals surface area contributed by atoms with Crippen LogP contribution in [0.2, 0.25) is 0 Å². The maximum Gasteiger partial charge on any atom is 0.326 e. The van der Waals surface area contributed by atoms with Gasteiger partial charge in [-0.25, -0.2) is 4.79 Å². The number of hydrogen-bond acceptors (Lipinski definition) is 5. The summed E-state index contributed by atoms with van der Waals surface area (Å²) in [5.41, 5.74) is 7.79. The van der Waals surface area contributed by atoms with Crippen molar-refractivity contribution in [3.05, 3.63) is 65.4 Å². The van der Waals surface area contributed by atoms with Crippen molar-refractivity contribution in [3.8, 4) is 5.75 Å². The van der Waals surface area contributed by atoms with Crippen LogP contribution in [0.4, 0.5) is 0 Å². The molecule has 0 saturated heterocycles. The summed E-state index contributed by atoms with van der Waals surface area (Å²) >= 11 is 0. The zero-order chi connectivity index (χ0) is 25.7. The maximum absolute atomic E-state index is 12.9. The van der Waals surface area contributed by atoms with Crippen LogP contribution in [0.1, 0.15) is 42.4 Å². The van der Waals surface area contributed by atoms with Gasteiger partial charge in [0.2, 0.25) is 0 Å². The lowest BCUT2D eigenvalue weighted by atomic mass is 10.0. The summed E-state index contributed by atoms with van der Waals surface area (Å²) in [5, 5.41) is 12.1. The number of nitrogens with one attached hydrogen (secondary N) is 1. The summed E-state index contributed by atoms with van der Waals surface area (Å²) in [5.74, 6) is -3.79. The Hall–Kier alpha value is -4.14. The van der Waals surface area contributed by atoms with Crippen molar-refractivity contribution in [2.75, 3.05) is 6.61 Å². The molecule has 9 nitrogen and oxygen atoms in total. The van der Waals surface area contributed by atoms with E-state index >= 15 is 0 Å². The van der Waals surface area contributed by atoms with Gasteiger partial charge in [0.05, 0.1) is 16.5 Å². The van der Waals surface area contributed by atoms with E-state index in [0.29, 0.717) is 29.6 Å². The lowest BCUT2D eigenvalue weighted by Crippen LogP contribution is -2.46. The van der Waals surface area contributed by atoms with Crippen LogP contribution in [0.15, 0.2) is 48.5 Å². The van der Waals surface area contributed by atoms with Crippen molar-refractivity contribution in [1.29, 1.82) is 0 Å². The first-order valence-electron chi connectivity index (χ1n) is 11.3. The number of amides is 2. The number of rotatable bonds is 11. The van der Waals surface area contributed by atoms with Gasteiger partial charge in [-0.2, -0.15) is 0 Å². The first-order chi connectivity index (χ1) is 16.6. The summed E-state index contributed by atoms with van der Waals surface area (Å²) < 4.78 is 7.69. The largest absolute Gasteiger partial charge is 0.483 e. The zero-order valence-corrected chi connectivity index (χ0v) is 19.9. The van der Waals surface area contributed by atoms with Crippen LogP contribution < -0.4 is 15.8 Å². The minimum Gasteiger partial charge on any atom is -0.483 e. The van der Waals surface area contributed by atoms with Crippen molar-refractivity contribution in [2.45, 2.75) is 39.8 Å². The van der Waals surface area contributed by atoms with Gasteiger partial charge in [-0.3, -0.25) is 14.4 Å². The molecule has 2 aromatic carbocycles. The fourth-order valence-electron chi connectivity index (χ4n) is 4.09. The van der Waals surface area contributed by atoms with E-state index in [9.17, 15) is 24.3 Å². The summed E-state index contributed by atoms with van der Waals surface area (Å²) in [6.45, 7) is 5.23. The van der Waals surface area contributed by atoms with Crippen molar-refractivity contribution in [2.24, 2.45) is 11.7 Å². The van der Waals surface area contributed by atoms with Crippen molar-refractivity contribution in [1.82, 2.24) is 9.88 Å². The van der Waals surface area contributed by atoms with Crippen LogP contribution >= 0.6 is 0 Å². The normalized spacial score (nSPS) is 11.9. The number of carbonyl (C=O) groups excluding carboxylic acids is 3. The van der Waals surface area contributed by atoms with E-state index in [0.717, 1.165) is 5.56 Å². The number of hydrogen-bond donors (Lipinski definition) is 3. The molecule has 0 spiro atoms. The first kappa shape index (κ1) is 25.5. The van der Waals surface area contributed by atoms with Crippen LogP contribution in [0, 0.1) is 5.92 Å². The molecule has 0 unspecified atom stereocenters. The number of aliphatic carboxylic acids is 1. The van der Waals surface area contributed by atoms with E-state index in [4.69, 9.17) is 10.5 Å². The van der Waals surface area contributed by atoms with Crippen molar-refractivity contribution in [3.63, 3.8) is 0 Å². The van der Waals surface area contributed by atoms with Gasteiger partial charge in [0.25, 0.3) is 17.6 Å². The number of nitrogens with zero attached hydrogens (tertiary/aromatic N) is 1. The van der Waals surface area contributed by atoms with Gasteiger partial charge >= 0.3 is 5.97 Å². The molecule has 3 aromatic rings. The summed E-state index contributed by atoms with van der Waals surface area (Å²) in [7, 11) is 0. The predicted molar refractivity (Wildman–Crippen MR) is 130 cm³/mol. The molecule has 0 bridgehead atoms. The number of primary amides is 1. The number of carboxylic acids is 1. The van der Waals surface area contributed by atoms with Gasteiger partial charge < -0.3 is 25.5 Å². The van der Waals surface area contributed by atoms with Gasteiger partial charge in [-0.1, -0.05) is 57.2 Å². The number of ketones is 1. The highest BCUT2D eigenvalue weighted by molar-refractivity contribution is 6.45. The maximum atomic E-state index is 12.9. The average Bonchev–Trinajstić information content (AvgIpc) is 3.14. The number of carboxylic acid groups (broad SMARTS) is 1. The van der Waals surface area contributed by atoms with Crippen LogP contribution in [0.3, 0.4) is 0 Å². The molecule has 0 fully saturated rings. The van der Waals surface area contributed by atoms with E-state index in [2.05, 4.69) is 5.32 Å². The second-order valence-corrected chi connectivity index (χ2v) is 8.51. The Balaban J connectivity index is 2.05. The molecule has 1 aromatic heterocycles. The summed E-state index contributed by atoms with van der Waals surface area (Å²) in [6.07, 6.45) is 0.449. The van der Waals surface area contributed by atoms with E-state index in [1.165, 1.54) is 0 Å². The Bertz CT molecular complexity index is 1260. The Labute approximate surface area is 202 Å². The molecule has 1 heterocycles. The second kappa shape index (κ2) is 10.9. The molecular weight excluding hydrogens is 450 g/mol. The molecule has 3 rings (SSSR count). The number of Topliss-reactive ketones (excluding diaryl/α,β-unsaturated/α-hetero) is 1. The molecule has 0 radical (unpaired) electrons. The van der Waals surface area contributed by atoms with Crippen LogP contribution in [-0.4, -0.2) is 45.9 Å². The van der Waals surface area contributed by atoms with Gasteiger partial charge in [0, 0.05) is 12.2 Å². The Kier molecular flexibility index (Phi) is 7.91. The fourth-order valence-corrected chi connectivity index (χ4v) is 4.09. The first-order valence-corrected chi connectivity index (χ1v) is 11.3. The van der Waals surface area contributed by atoms with Gasteiger partial charge in [0.1, 0.15) is 11.8 Å². The molecular formula is C26H29N3O6. The summed E-state index contributed by atoms with van der Waals surface area (Å²) in [6, 6.07) is 13.7. The molecule has 2 amide bonds. The molecule has 35 heavy (non-hydrogen) atoms. The van der Waals surface area contributed by atoms with E-state index in [-0.39, 0.29) is 17.2 Å². The molecule has 1 atom stereocenters. The molecule has 184 valence electrons. The number of aromatic nitrogens is 1. The second-order valence-electron chi connectivity index (χ2n) is 8.51.